The number of hydrogen-bond donors (Lipinski definition) is 3. The van der Waals surface area contributed by atoms with Gasteiger partial charge in [0.1, 0.15) is 0 Å². The molecular weight excluding hydrogens is 326 g/mol. The van der Waals surface area contributed by atoms with Crippen molar-refractivity contribution in [2.24, 2.45) is 0 Å². The van der Waals surface area contributed by atoms with Crippen molar-refractivity contribution in [3.63, 3.8) is 0 Å². The van der Waals surface area contributed by atoms with E-state index in [0.717, 1.165) is 24.0 Å². The second-order valence-electron chi connectivity index (χ2n) is 6.84. The molecule has 2 aromatic carbocycles. The average Bonchev–Trinajstić information content (AvgIpc) is 3.15. The Hall–Kier alpha value is -2.79. The lowest BCUT2D eigenvalue weighted by atomic mass is 10.1. The molecule has 0 spiro atoms. The molecule has 3 aromatic rings. The highest BCUT2D eigenvalue weighted by atomic mass is 16.3. The van der Waals surface area contributed by atoms with Crippen molar-refractivity contribution in [2.45, 2.75) is 25.5 Å². The number of aromatic amines is 1. The fourth-order valence-corrected chi connectivity index (χ4v) is 3.59. The summed E-state index contributed by atoms with van der Waals surface area (Å²) in [5.74, 6) is -0.0138. The molecule has 5 nitrogen and oxygen atoms in total. The quantitative estimate of drug-likeness (QED) is 0.676. The van der Waals surface area contributed by atoms with Crippen LogP contribution in [0.3, 0.4) is 0 Å². The van der Waals surface area contributed by atoms with Crippen molar-refractivity contribution in [1.29, 1.82) is 0 Å². The first-order valence-electron chi connectivity index (χ1n) is 9.07. The Bertz CT molecular complexity index is 918. The van der Waals surface area contributed by atoms with Crippen molar-refractivity contribution < 1.29 is 9.90 Å². The van der Waals surface area contributed by atoms with Crippen molar-refractivity contribution >= 4 is 22.5 Å². The molecule has 4 rings (SSSR count). The zero-order valence-corrected chi connectivity index (χ0v) is 14.6. The van der Waals surface area contributed by atoms with Crippen LogP contribution in [0.5, 0.6) is 0 Å². The molecule has 0 aliphatic carbocycles. The van der Waals surface area contributed by atoms with Gasteiger partial charge in [-0.3, -0.25) is 4.79 Å². The van der Waals surface area contributed by atoms with Crippen molar-refractivity contribution in [3.05, 3.63) is 65.9 Å². The third-order valence-electron chi connectivity index (χ3n) is 4.96. The van der Waals surface area contributed by atoms with Crippen molar-refractivity contribution in [2.75, 3.05) is 18.4 Å². The van der Waals surface area contributed by atoms with Crippen LogP contribution in [0.4, 0.5) is 5.69 Å². The molecule has 1 saturated heterocycles. The van der Waals surface area contributed by atoms with E-state index in [0.29, 0.717) is 25.2 Å². The van der Waals surface area contributed by atoms with Gasteiger partial charge in [-0.05, 0) is 48.7 Å². The summed E-state index contributed by atoms with van der Waals surface area (Å²) in [6.07, 6.45) is 3.16. The molecule has 0 bridgehead atoms. The van der Waals surface area contributed by atoms with Gasteiger partial charge in [0.05, 0.1) is 6.10 Å². The molecule has 1 unspecified atom stereocenters. The van der Waals surface area contributed by atoms with E-state index in [-0.39, 0.29) is 5.91 Å². The van der Waals surface area contributed by atoms with Gasteiger partial charge < -0.3 is 20.3 Å². The number of carbonyl (C=O) groups excluding carboxylic acids is 1. The third-order valence-corrected chi connectivity index (χ3v) is 4.96. The molecule has 5 heteroatoms. The monoisotopic (exact) mass is 349 g/mol. The predicted octanol–water partition coefficient (Wildman–Crippen LogP) is 3.38. The van der Waals surface area contributed by atoms with Gasteiger partial charge in [-0.1, -0.05) is 18.2 Å². The van der Waals surface area contributed by atoms with Crippen molar-refractivity contribution in [3.8, 4) is 0 Å². The van der Waals surface area contributed by atoms with E-state index >= 15 is 0 Å². The summed E-state index contributed by atoms with van der Waals surface area (Å²) in [5, 5.41) is 14.4. The van der Waals surface area contributed by atoms with Crippen LogP contribution in [0.2, 0.25) is 0 Å². The van der Waals surface area contributed by atoms with Gasteiger partial charge in [0.15, 0.2) is 0 Å². The van der Waals surface area contributed by atoms with Crippen LogP contribution in [-0.4, -0.2) is 40.1 Å². The molecule has 1 aliphatic heterocycles. The lowest BCUT2D eigenvalue weighted by Crippen LogP contribution is -2.42. The van der Waals surface area contributed by atoms with Crippen LogP contribution in [0.1, 0.15) is 28.8 Å². The predicted molar refractivity (Wildman–Crippen MR) is 103 cm³/mol. The number of hydrogen-bond acceptors (Lipinski definition) is 3. The number of piperidine rings is 1. The molecule has 1 amide bonds. The summed E-state index contributed by atoms with van der Waals surface area (Å²) < 4.78 is 0. The second-order valence-corrected chi connectivity index (χ2v) is 6.84. The first-order chi connectivity index (χ1) is 12.7. The number of aliphatic hydroxyl groups is 1. The molecule has 0 radical (unpaired) electrons. The second kappa shape index (κ2) is 7.22. The molecule has 26 heavy (non-hydrogen) atoms. The molecule has 1 aliphatic rings. The summed E-state index contributed by atoms with van der Waals surface area (Å²) in [6, 6.07) is 15.9. The van der Waals surface area contributed by atoms with E-state index in [1.165, 1.54) is 10.9 Å². The van der Waals surface area contributed by atoms with E-state index in [2.05, 4.69) is 28.5 Å². The van der Waals surface area contributed by atoms with Crippen LogP contribution in [-0.2, 0) is 6.54 Å². The van der Waals surface area contributed by atoms with Crippen LogP contribution >= 0.6 is 0 Å². The maximum absolute atomic E-state index is 12.7. The van der Waals surface area contributed by atoms with Crippen LogP contribution in [0.15, 0.2) is 54.7 Å². The maximum Gasteiger partial charge on any atom is 0.254 e. The number of nitrogens with one attached hydrogen (secondary N) is 2. The van der Waals surface area contributed by atoms with Gasteiger partial charge in [0.2, 0.25) is 0 Å². The number of rotatable bonds is 4. The number of likely N-dealkylation sites (tertiary alicyclic amines) is 1. The highest BCUT2D eigenvalue weighted by Crippen LogP contribution is 2.20. The summed E-state index contributed by atoms with van der Waals surface area (Å²) in [4.78, 5) is 17.7. The van der Waals surface area contributed by atoms with Crippen LogP contribution < -0.4 is 5.32 Å². The molecule has 1 fully saturated rings. The van der Waals surface area contributed by atoms with Gasteiger partial charge in [-0.25, -0.2) is 0 Å². The Morgan fingerprint density at radius 1 is 1.23 bits per heavy atom. The Labute approximate surface area is 152 Å². The number of β-amino-alcohol motifs (C(OH)–C–C–N with tert-alkyl or cyclic N) is 1. The van der Waals surface area contributed by atoms with Crippen LogP contribution in [0.25, 0.3) is 10.9 Å². The average molecular weight is 349 g/mol. The smallest absolute Gasteiger partial charge is 0.254 e. The van der Waals surface area contributed by atoms with E-state index in [1.807, 2.05) is 36.5 Å². The lowest BCUT2D eigenvalue weighted by Gasteiger charge is -2.30. The first kappa shape index (κ1) is 16.7. The molecular formula is C21H23N3O2. The number of aliphatic hydroxyl groups excluding tert-OH is 1. The topological polar surface area (TPSA) is 68.4 Å². The number of anilines is 1. The molecule has 3 N–H and O–H groups in total. The maximum atomic E-state index is 12.7. The fraction of sp³-hybridized carbons (Fsp3) is 0.286. The van der Waals surface area contributed by atoms with Gasteiger partial charge in [0.25, 0.3) is 5.91 Å². The summed E-state index contributed by atoms with van der Waals surface area (Å²) >= 11 is 0. The summed E-state index contributed by atoms with van der Waals surface area (Å²) in [6.45, 7) is 1.82. The van der Waals surface area contributed by atoms with Gasteiger partial charge in [0, 0.05) is 48.0 Å². The van der Waals surface area contributed by atoms with E-state index in [9.17, 15) is 9.90 Å². The molecule has 1 aromatic heterocycles. The SMILES string of the molecule is O=C(c1cccc(NCc2cccc3[nH]ccc23)c1)N1CCCC(O)C1. The number of fused-ring (bicyclic) bond motifs is 1. The highest BCUT2D eigenvalue weighted by Gasteiger charge is 2.23. The number of nitrogens with zero attached hydrogens (tertiary/aromatic N) is 1. The Morgan fingerprint density at radius 2 is 2.12 bits per heavy atom. The minimum Gasteiger partial charge on any atom is -0.391 e. The number of benzene rings is 2. The van der Waals surface area contributed by atoms with E-state index in [1.54, 1.807) is 4.90 Å². The number of H-pyrrole nitrogens is 1. The Morgan fingerprint density at radius 3 is 3.00 bits per heavy atom. The number of aromatic nitrogens is 1. The first-order valence-corrected chi connectivity index (χ1v) is 9.07. The van der Waals surface area contributed by atoms with E-state index in [4.69, 9.17) is 0 Å². The minimum atomic E-state index is -0.407. The Balaban J connectivity index is 1.47. The molecule has 0 saturated carbocycles. The zero-order chi connectivity index (χ0) is 17.9. The van der Waals surface area contributed by atoms with Gasteiger partial charge >= 0.3 is 0 Å². The third kappa shape index (κ3) is 3.44. The van der Waals surface area contributed by atoms with Gasteiger partial charge in [-0.2, -0.15) is 0 Å². The number of amides is 1. The lowest BCUT2D eigenvalue weighted by molar-refractivity contribution is 0.0474. The highest BCUT2D eigenvalue weighted by molar-refractivity contribution is 5.95. The van der Waals surface area contributed by atoms with Crippen LogP contribution in [0, 0.1) is 0 Å². The molecule has 2 heterocycles. The molecule has 134 valence electrons. The summed E-state index contributed by atoms with van der Waals surface area (Å²) in [7, 11) is 0. The fourth-order valence-electron chi connectivity index (χ4n) is 3.59. The number of carbonyl (C=O) groups is 1. The minimum absolute atomic E-state index is 0.0138. The Kier molecular flexibility index (Phi) is 4.63. The van der Waals surface area contributed by atoms with Gasteiger partial charge in [-0.15, -0.1) is 0 Å². The molecule has 1 atom stereocenters. The standard InChI is InChI=1S/C21H23N3O2/c25-18-7-3-11-24(14-18)21(26)15-4-1-6-17(12-15)23-13-16-5-2-8-20-19(16)9-10-22-20/h1-2,4-6,8-10,12,18,22-23,25H,3,7,11,13-14H2. The summed E-state index contributed by atoms with van der Waals surface area (Å²) in [5.41, 5.74) is 3.90. The van der Waals surface area contributed by atoms with Crippen molar-refractivity contribution in [1.82, 2.24) is 9.88 Å². The zero-order valence-electron chi connectivity index (χ0n) is 14.6. The largest absolute Gasteiger partial charge is 0.391 e. The van der Waals surface area contributed by atoms with E-state index < -0.39 is 6.10 Å². The normalized spacial score (nSPS) is 17.4.